The number of hydrogen-bond acceptors (Lipinski definition) is 15. The molecule has 0 aliphatic rings. The van der Waals surface area contributed by atoms with Crippen LogP contribution in [0, 0.1) is 0 Å². The van der Waals surface area contributed by atoms with E-state index in [1.807, 2.05) is 6.92 Å². The minimum atomic E-state index is -4.91. The second-order valence-corrected chi connectivity index (χ2v) is 19.7. The van der Waals surface area contributed by atoms with E-state index in [1.165, 1.54) is 32.1 Å². The average molecular weight is 975 g/mol. The predicted octanol–water partition coefficient (Wildman–Crippen LogP) is 10.9. The Hall–Kier alpha value is -1.94. The Morgan fingerprint density at radius 2 is 0.615 bits per heavy atom. The van der Waals surface area contributed by atoms with E-state index in [2.05, 4.69) is 20.8 Å². The zero-order chi connectivity index (χ0) is 48.4. The highest BCUT2D eigenvalue weighted by Gasteiger charge is 2.30. The molecule has 0 saturated carbocycles. The van der Waals surface area contributed by atoms with Crippen LogP contribution in [0.1, 0.15) is 214 Å². The SMILES string of the molecule is CCCCCCCCCCCCC(=O)O[C@H](COC(=O)CCCCCCCC)COP(=O)(O)OC[C@H](O)COP(=O)(O)OC[C@@H](COC(=O)CCCCC)OC(=O)CCCCCCCC. The second kappa shape index (κ2) is 42.2. The molecule has 0 aliphatic heterocycles. The molecule has 0 aromatic rings. The van der Waals surface area contributed by atoms with Crippen molar-refractivity contribution in [1.82, 2.24) is 0 Å². The fourth-order valence-electron chi connectivity index (χ4n) is 6.45. The molecule has 0 aromatic carbocycles. The van der Waals surface area contributed by atoms with Crippen LogP contribution < -0.4 is 0 Å². The van der Waals surface area contributed by atoms with Crippen molar-refractivity contribution >= 4 is 39.5 Å². The fourth-order valence-corrected chi connectivity index (χ4v) is 8.03. The molecule has 17 nitrogen and oxygen atoms in total. The van der Waals surface area contributed by atoms with Crippen LogP contribution in [0.5, 0.6) is 0 Å². The number of phosphoric ester groups is 2. The van der Waals surface area contributed by atoms with Gasteiger partial charge in [0.1, 0.15) is 19.3 Å². The molecule has 0 amide bonds. The Kier molecular flexibility index (Phi) is 40.9. The van der Waals surface area contributed by atoms with Crippen molar-refractivity contribution in [3.63, 3.8) is 0 Å². The molecule has 384 valence electrons. The maximum atomic E-state index is 12.7. The summed E-state index contributed by atoms with van der Waals surface area (Å²) in [6.45, 7) is 4.43. The number of rotatable bonds is 47. The molecular formula is C46H88O17P2. The Morgan fingerprint density at radius 3 is 0.938 bits per heavy atom. The Bertz CT molecular complexity index is 1300. The summed E-state index contributed by atoms with van der Waals surface area (Å²) in [5.41, 5.74) is 0. The number of carbonyl (C=O) groups excluding carboxylic acids is 4. The quantitative estimate of drug-likeness (QED) is 0.0222. The maximum Gasteiger partial charge on any atom is 0.472 e. The Morgan fingerprint density at radius 1 is 0.369 bits per heavy atom. The molecule has 0 fully saturated rings. The van der Waals surface area contributed by atoms with Gasteiger partial charge in [-0.3, -0.25) is 37.3 Å². The van der Waals surface area contributed by atoms with Crippen LogP contribution in [0.4, 0.5) is 0 Å². The Labute approximate surface area is 390 Å². The van der Waals surface area contributed by atoms with Crippen LogP contribution in [0.15, 0.2) is 0 Å². The van der Waals surface area contributed by atoms with Crippen molar-refractivity contribution < 1.29 is 80.2 Å². The van der Waals surface area contributed by atoms with Gasteiger partial charge in [0.15, 0.2) is 12.2 Å². The summed E-state index contributed by atoms with van der Waals surface area (Å²) in [7, 11) is -9.82. The molecule has 65 heavy (non-hydrogen) atoms. The lowest BCUT2D eigenvalue weighted by Crippen LogP contribution is -2.30. The van der Waals surface area contributed by atoms with E-state index in [9.17, 15) is 43.2 Å². The third-order valence-electron chi connectivity index (χ3n) is 10.4. The molecule has 2 unspecified atom stereocenters. The molecule has 19 heteroatoms. The van der Waals surface area contributed by atoms with Crippen molar-refractivity contribution in [2.24, 2.45) is 0 Å². The van der Waals surface area contributed by atoms with E-state index >= 15 is 0 Å². The number of aliphatic hydroxyl groups excluding tert-OH is 1. The fraction of sp³-hybridized carbons (Fsp3) is 0.913. The van der Waals surface area contributed by atoms with E-state index in [0.29, 0.717) is 25.7 Å². The van der Waals surface area contributed by atoms with Gasteiger partial charge in [-0.1, -0.05) is 163 Å². The number of phosphoric acid groups is 2. The van der Waals surface area contributed by atoms with Gasteiger partial charge in [0, 0.05) is 25.7 Å². The monoisotopic (exact) mass is 975 g/mol. The predicted molar refractivity (Wildman–Crippen MR) is 248 cm³/mol. The van der Waals surface area contributed by atoms with Crippen LogP contribution in [-0.4, -0.2) is 96.7 Å². The summed E-state index contributed by atoms with van der Waals surface area (Å²) in [6, 6.07) is 0. The highest BCUT2D eigenvalue weighted by molar-refractivity contribution is 7.47. The van der Waals surface area contributed by atoms with Crippen LogP contribution in [0.2, 0.25) is 0 Å². The largest absolute Gasteiger partial charge is 0.472 e. The van der Waals surface area contributed by atoms with Crippen LogP contribution >= 0.6 is 15.6 Å². The number of esters is 4. The van der Waals surface area contributed by atoms with Gasteiger partial charge in [0.2, 0.25) is 0 Å². The van der Waals surface area contributed by atoms with Gasteiger partial charge in [-0.15, -0.1) is 0 Å². The summed E-state index contributed by atoms with van der Waals surface area (Å²) in [4.78, 5) is 70.5. The van der Waals surface area contributed by atoms with Crippen molar-refractivity contribution in [2.45, 2.75) is 232 Å². The second-order valence-electron chi connectivity index (χ2n) is 16.8. The highest BCUT2D eigenvalue weighted by Crippen LogP contribution is 2.45. The standard InChI is InChI=1S/C46H88O17P2/c1-5-9-13-16-19-20-21-22-25-29-33-46(51)63-42(37-57-44(49)31-27-23-17-14-10-6-2)39-61-65(54,55)59-35-40(47)34-58-64(52,53)60-38-41(36-56-43(48)30-26-12-8-4)62-45(50)32-28-24-18-15-11-7-3/h40-42,47H,5-39H2,1-4H3,(H,52,53)(H,54,55)/t40-,41-,42-/m1/s1. The molecule has 0 rings (SSSR count). The number of hydrogen-bond donors (Lipinski definition) is 3. The lowest BCUT2D eigenvalue weighted by Gasteiger charge is -2.21. The van der Waals surface area contributed by atoms with E-state index in [1.54, 1.807) is 0 Å². The minimum absolute atomic E-state index is 0.100. The van der Waals surface area contributed by atoms with Gasteiger partial charge in [-0.05, 0) is 25.7 Å². The molecule has 5 atom stereocenters. The third kappa shape index (κ3) is 41.9. The third-order valence-corrected chi connectivity index (χ3v) is 12.3. The zero-order valence-electron chi connectivity index (χ0n) is 40.4. The van der Waals surface area contributed by atoms with Gasteiger partial charge < -0.3 is 33.8 Å². The zero-order valence-corrected chi connectivity index (χ0v) is 42.2. The molecule has 0 aliphatic carbocycles. The maximum absolute atomic E-state index is 12.7. The van der Waals surface area contributed by atoms with Gasteiger partial charge in [-0.2, -0.15) is 0 Å². The molecule has 0 aromatic heterocycles. The first-order valence-electron chi connectivity index (χ1n) is 24.8. The summed E-state index contributed by atoms with van der Waals surface area (Å²) in [6.07, 6.45) is 21.0. The molecule has 0 saturated heterocycles. The summed E-state index contributed by atoms with van der Waals surface area (Å²) >= 11 is 0. The first-order chi connectivity index (χ1) is 31.2. The van der Waals surface area contributed by atoms with Gasteiger partial charge in [0.25, 0.3) is 0 Å². The highest BCUT2D eigenvalue weighted by atomic mass is 31.2. The number of carbonyl (C=O) groups is 4. The van der Waals surface area contributed by atoms with Gasteiger partial charge in [-0.25, -0.2) is 9.13 Å². The summed E-state index contributed by atoms with van der Waals surface area (Å²) < 4.78 is 66.5. The lowest BCUT2D eigenvalue weighted by molar-refractivity contribution is -0.161. The van der Waals surface area contributed by atoms with Crippen LogP contribution in [0.25, 0.3) is 0 Å². The van der Waals surface area contributed by atoms with Gasteiger partial charge in [0.05, 0.1) is 26.4 Å². The van der Waals surface area contributed by atoms with Crippen molar-refractivity contribution in [2.75, 3.05) is 39.6 Å². The molecule has 0 bridgehead atoms. The topological polar surface area (TPSA) is 237 Å². The Balaban J connectivity index is 5.11. The van der Waals surface area contributed by atoms with E-state index in [-0.39, 0.29) is 25.7 Å². The van der Waals surface area contributed by atoms with Crippen molar-refractivity contribution in [3.8, 4) is 0 Å². The van der Waals surface area contributed by atoms with Crippen LogP contribution in [-0.2, 0) is 65.4 Å². The van der Waals surface area contributed by atoms with Crippen molar-refractivity contribution in [3.05, 3.63) is 0 Å². The summed E-state index contributed by atoms with van der Waals surface area (Å²) in [5, 5.41) is 10.3. The van der Waals surface area contributed by atoms with E-state index in [4.69, 9.17) is 37.0 Å². The van der Waals surface area contributed by atoms with E-state index < -0.39 is 97.5 Å². The number of aliphatic hydroxyl groups is 1. The normalized spacial score (nSPS) is 14.8. The first-order valence-corrected chi connectivity index (χ1v) is 27.8. The molecule has 0 spiro atoms. The first kappa shape index (κ1) is 63.1. The molecule has 0 heterocycles. The van der Waals surface area contributed by atoms with Gasteiger partial charge >= 0.3 is 39.5 Å². The lowest BCUT2D eigenvalue weighted by atomic mass is 10.1. The molecular weight excluding hydrogens is 886 g/mol. The molecule has 0 radical (unpaired) electrons. The summed E-state index contributed by atoms with van der Waals surface area (Å²) in [5.74, 6) is -2.20. The smallest absolute Gasteiger partial charge is 0.462 e. The van der Waals surface area contributed by atoms with E-state index in [0.717, 1.165) is 103 Å². The van der Waals surface area contributed by atoms with Crippen molar-refractivity contribution in [1.29, 1.82) is 0 Å². The number of ether oxygens (including phenoxy) is 4. The molecule has 3 N–H and O–H groups in total. The van der Waals surface area contributed by atoms with Crippen LogP contribution in [0.3, 0.4) is 0 Å². The minimum Gasteiger partial charge on any atom is -0.462 e. The average Bonchev–Trinajstić information content (AvgIpc) is 3.27. The number of unbranched alkanes of at least 4 members (excludes halogenated alkanes) is 21.